The molecule has 0 amide bonds. The Morgan fingerprint density at radius 1 is 0.339 bits per heavy atom. The summed E-state index contributed by atoms with van der Waals surface area (Å²) in [6.07, 6.45) is 16.2. The Bertz CT molecular complexity index is 1800. The third kappa shape index (κ3) is 8.36. The molecule has 0 bridgehead atoms. The van der Waals surface area contributed by atoms with Gasteiger partial charge >= 0.3 is 0 Å². The van der Waals surface area contributed by atoms with Gasteiger partial charge in [-0.1, -0.05) is 174 Å². The molecule has 56 heavy (non-hydrogen) atoms. The van der Waals surface area contributed by atoms with E-state index in [1.165, 1.54) is 0 Å². The zero-order valence-corrected chi connectivity index (χ0v) is 33.0. The minimum absolute atomic E-state index is 0.0752. The zero-order valence-electron chi connectivity index (χ0n) is 33.0. The van der Waals surface area contributed by atoms with Crippen molar-refractivity contribution in [3.63, 3.8) is 0 Å². The fraction of sp³-hybridized carbons (Fsp3) is 0.480. The van der Waals surface area contributed by atoms with Crippen LogP contribution >= 0.6 is 0 Å². The molecule has 0 atom stereocenters. The first kappa shape index (κ1) is 40.3. The van der Waals surface area contributed by atoms with Crippen LogP contribution in [-0.2, 0) is 22.4 Å². The predicted octanol–water partition coefficient (Wildman–Crippen LogP) is 10.4. The van der Waals surface area contributed by atoms with Crippen LogP contribution in [0.5, 0.6) is 0 Å². The molecule has 0 saturated heterocycles. The van der Waals surface area contributed by atoms with E-state index < -0.39 is 22.4 Å². The quantitative estimate of drug-likeness (QED) is 0.133. The fourth-order valence-electron chi connectivity index (χ4n) is 10.3. The maximum absolute atomic E-state index is 15.0. The summed E-state index contributed by atoms with van der Waals surface area (Å²) < 4.78 is 0. The number of benzene rings is 4. The van der Waals surface area contributed by atoms with Gasteiger partial charge in [-0.3, -0.25) is 9.59 Å². The van der Waals surface area contributed by atoms with Gasteiger partial charge in [-0.25, -0.2) is 0 Å². The van der Waals surface area contributed by atoms with E-state index in [2.05, 4.69) is 0 Å². The Balaban J connectivity index is 0.000000288. The summed E-state index contributed by atoms with van der Waals surface area (Å²) in [7, 11) is 0. The van der Waals surface area contributed by atoms with Crippen LogP contribution in [0.3, 0.4) is 0 Å². The number of aliphatic hydroxyl groups is 4. The van der Waals surface area contributed by atoms with Crippen LogP contribution in [0, 0.1) is 0 Å². The Morgan fingerprint density at radius 2 is 0.643 bits per heavy atom. The van der Waals surface area contributed by atoms with Gasteiger partial charge in [0.1, 0.15) is 0 Å². The highest BCUT2D eigenvalue weighted by Gasteiger charge is 2.46. The Kier molecular flexibility index (Phi) is 12.4. The molecule has 0 aliphatic heterocycles. The first-order valence-corrected chi connectivity index (χ1v) is 21.4. The average molecular weight is 757 g/mol. The van der Waals surface area contributed by atoms with Crippen molar-refractivity contribution in [1.82, 2.24) is 0 Å². The lowest BCUT2D eigenvalue weighted by atomic mass is 9.67. The monoisotopic (exact) mass is 756 g/mol. The summed E-state index contributed by atoms with van der Waals surface area (Å²) in [6.45, 7) is 0. The second kappa shape index (κ2) is 17.3. The molecule has 0 spiro atoms. The van der Waals surface area contributed by atoms with E-state index in [4.69, 9.17) is 0 Å². The summed E-state index contributed by atoms with van der Waals surface area (Å²) in [5.41, 5.74) is 0.439. The molecule has 296 valence electrons. The van der Waals surface area contributed by atoms with Gasteiger partial charge in [-0.2, -0.15) is 0 Å². The van der Waals surface area contributed by atoms with Gasteiger partial charge in [0.05, 0.1) is 22.4 Å². The van der Waals surface area contributed by atoms with Gasteiger partial charge in [0, 0.05) is 33.4 Å². The Morgan fingerprint density at radius 3 is 0.964 bits per heavy atom. The van der Waals surface area contributed by atoms with Gasteiger partial charge in [0.15, 0.2) is 11.6 Å². The topological polar surface area (TPSA) is 115 Å². The number of ketones is 2. The van der Waals surface area contributed by atoms with E-state index in [9.17, 15) is 30.0 Å². The molecule has 0 aromatic heterocycles. The maximum Gasteiger partial charge on any atom is 0.193 e. The lowest BCUT2D eigenvalue weighted by molar-refractivity contribution is -0.0254. The van der Waals surface area contributed by atoms with Crippen molar-refractivity contribution in [2.45, 2.75) is 151 Å². The molecule has 4 fully saturated rings. The fourth-order valence-corrected chi connectivity index (χ4v) is 10.3. The van der Waals surface area contributed by atoms with Crippen LogP contribution < -0.4 is 0 Å². The minimum Gasteiger partial charge on any atom is -0.385 e. The molecule has 4 aliphatic carbocycles. The van der Waals surface area contributed by atoms with E-state index in [1.807, 2.05) is 97.1 Å². The largest absolute Gasteiger partial charge is 0.385 e. The van der Waals surface area contributed by atoms with Gasteiger partial charge in [-0.05, 0) is 62.5 Å². The number of carbonyl (C=O) groups excluding carboxylic acids is 2. The zero-order chi connectivity index (χ0) is 39.2. The van der Waals surface area contributed by atoms with Gasteiger partial charge < -0.3 is 20.4 Å². The lowest BCUT2D eigenvalue weighted by Gasteiger charge is -2.42. The van der Waals surface area contributed by atoms with Crippen LogP contribution in [0.1, 0.15) is 183 Å². The highest BCUT2D eigenvalue weighted by molar-refractivity contribution is 6.11. The number of hydrogen-bond donors (Lipinski definition) is 4. The Hall–Kier alpha value is -3.94. The molecule has 4 N–H and O–H groups in total. The van der Waals surface area contributed by atoms with Crippen LogP contribution in [0.2, 0.25) is 0 Å². The Labute approximate surface area is 333 Å². The van der Waals surface area contributed by atoms with Gasteiger partial charge in [-0.15, -0.1) is 0 Å². The number of carbonyl (C=O) groups is 2. The third-order valence-electron chi connectivity index (χ3n) is 13.3. The van der Waals surface area contributed by atoms with Crippen LogP contribution in [-0.4, -0.2) is 32.0 Å². The number of hydrogen-bond acceptors (Lipinski definition) is 6. The molecule has 6 heteroatoms. The molecule has 0 radical (unpaired) electrons. The summed E-state index contributed by atoms with van der Waals surface area (Å²) in [5.74, 6) is -0.147. The van der Waals surface area contributed by atoms with E-state index in [-0.39, 0.29) is 11.6 Å². The van der Waals surface area contributed by atoms with E-state index in [0.29, 0.717) is 84.7 Å². The summed E-state index contributed by atoms with van der Waals surface area (Å²) >= 11 is 0. The predicted molar refractivity (Wildman–Crippen MR) is 221 cm³/mol. The van der Waals surface area contributed by atoms with Crippen LogP contribution in [0.25, 0.3) is 0 Å². The molecule has 4 saturated carbocycles. The van der Waals surface area contributed by atoms with E-state index in [0.717, 1.165) is 88.2 Å². The van der Waals surface area contributed by atoms with E-state index >= 15 is 0 Å². The maximum atomic E-state index is 15.0. The third-order valence-corrected chi connectivity index (χ3v) is 13.3. The van der Waals surface area contributed by atoms with Crippen molar-refractivity contribution in [3.8, 4) is 0 Å². The van der Waals surface area contributed by atoms with Crippen LogP contribution in [0.4, 0.5) is 0 Å². The second-order valence-electron chi connectivity index (χ2n) is 17.2. The first-order chi connectivity index (χ1) is 27.1. The first-order valence-electron chi connectivity index (χ1n) is 21.4. The molecule has 4 aliphatic rings. The summed E-state index contributed by atoms with van der Waals surface area (Å²) in [6, 6.07) is 29.8. The molecule has 4 aromatic rings. The molecular formula is C50H60O6. The van der Waals surface area contributed by atoms with Crippen LogP contribution in [0.15, 0.2) is 97.1 Å². The summed E-state index contributed by atoms with van der Waals surface area (Å²) in [5, 5.41) is 48.5. The SMILES string of the molecule is O=C(c1cccc(C2(O)CCCCC2)c1C1(O)CCCCC1)c1cccc(C2(O)CCCCC2)c1C1(O)CCCCC1.O=C(c1ccccc1)c1ccccc1. The standard InChI is InChI=1S/C37H50O5.C13H10O/c38-33(27-15-13-17-29(34(39)19-5-1-6-20-34)31(27)36(41)23-9-3-10-24-36)28-16-14-18-30(35(40)21-7-2-8-22-35)32(28)37(42)25-11-4-12-26-37;14-13(11-7-3-1-4-8-11)12-9-5-2-6-10-12/h13-18,39-42H,1-12,19-26H2;1-10H. The highest BCUT2D eigenvalue weighted by Crippen LogP contribution is 2.50. The van der Waals surface area contributed by atoms with Crippen molar-refractivity contribution < 1.29 is 30.0 Å². The minimum atomic E-state index is -1.19. The molecule has 6 nitrogen and oxygen atoms in total. The normalized spacial score (nSPS) is 21.2. The smallest absolute Gasteiger partial charge is 0.193 e. The highest BCUT2D eigenvalue weighted by atomic mass is 16.3. The van der Waals surface area contributed by atoms with E-state index in [1.54, 1.807) is 0 Å². The van der Waals surface area contributed by atoms with Gasteiger partial charge in [0.2, 0.25) is 0 Å². The van der Waals surface area contributed by atoms with Crippen molar-refractivity contribution >= 4 is 11.6 Å². The van der Waals surface area contributed by atoms with Crippen molar-refractivity contribution in [2.75, 3.05) is 0 Å². The lowest BCUT2D eigenvalue weighted by Crippen LogP contribution is -2.39. The van der Waals surface area contributed by atoms with Gasteiger partial charge in [0.25, 0.3) is 0 Å². The van der Waals surface area contributed by atoms with Crippen molar-refractivity contribution in [3.05, 3.63) is 142 Å². The molecule has 0 unspecified atom stereocenters. The molecule has 4 aromatic carbocycles. The number of rotatable bonds is 8. The van der Waals surface area contributed by atoms with Crippen molar-refractivity contribution in [2.24, 2.45) is 0 Å². The van der Waals surface area contributed by atoms with Crippen molar-refractivity contribution in [1.29, 1.82) is 0 Å². The molecule has 8 rings (SSSR count). The summed E-state index contributed by atoms with van der Waals surface area (Å²) in [4.78, 5) is 26.8. The second-order valence-corrected chi connectivity index (χ2v) is 17.2. The molecule has 0 heterocycles. The average Bonchev–Trinajstić information content (AvgIpc) is 3.24. The molecular weight excluding hydrogens is 697 g/mol.